The van der Waals surface area contributed by atoms with Gasteiger partial charge in [0.2, 0.25) is 0 Å². The maximum absolute atomic E-state index is 13.1. The third kappa shape index (κ3) is 3.07. The van der Waals surface area contributed by atoms with E-state index in [4.69, 9.17) is 0 Å². The number of hydrogen-bond acceptors (Lipinski definition) is 3. The van der Waals surface area contributed by atoms with Crippen LogP contribution in [-0.4, -0.2) is 50.2 Å². The molecule has 2 rings (SSSR count). The molecule has 1 unspecified atom stereocenters. The van der Waals surface area contributed by atoms with Crippen LogP contribution in [0.2, 0.25) is 0 Å². The van der Waals surface area contributed by atoms with Gasteiger partial charge in [-0.25, -0.2) is 4.39 Å². The van der Waals surface area contributed by atoms with Crippen molar-refractivity contribution < 1.29 is 4.39 Å². The molecule has 106 valence electrons. The van der Waals surface area contributed by atoms with Crippen molar-refractivity contribution in [3.63, 3.8) is 0 Å². The lowest BCUT2D eigenvalue weighted by atomic mass is 9.93. The molecule has 0 amide bonds. The van der Waals surface area contributed by atoms with Gasteiger partial charge in [-0.2, -0.15) is 0 Å². The number of hydrogen-bond donors (Lipinski definition) is 1. The second-order valence-corrected chi connectivity index (χ2v) is 6.07. The maximum atomic E-state index is 13.1. The van der Waals surface area contributed by atoms with Crippen LogP contribution in [0.5, 0.6) is 0 Å². The molecule has 1 aliphatic heterocycles. The van der Waals surface area contributed by atoms with Crippen molar-refractivity contribution in [2.75, 3.05) is 38.6 Å². The normalized spacial score (nSPS) is 23.6. The number of anilines is 1. The molecule has 1 heterocycles. The minimum absolute atomic E-state index is 0.0341. The summed E-state index contributed by atoms with van der Waals surface area (Å²) < 4.78 is 13.1. The first kappa shape index (κ1) is 14.3. The molecule has 0 spiro atoms. The van der Waals surface area contributed by atoms with Crippen molar-refractivity contribution in [3.8, 4) is 0 Å². The van der Waals surface area contributed by atoms with Gasteiger partial charge in [-0.1, -0.05) is 0 Å². The molecule has 1 aliphatic rings. The van der Waals surface area contributed by atoms with E-state index in [0.717, 1.165) is 25.3 Å². The minimum atomic E-state index is -0.180. The van der Waals surface area contributed by atoms with E-state index in [-0.39, 0.29) is 11.4 Å². The molecule has 0 bridgehead atoms. The number of rotatable bonds is 3. The fraction of sp³-hybridized carbons (Fsp3) is 0.600. The standard InChI is InChI=1S/C15H24FN3/c1-15(2)11-18(4)10-14(9-17-3)19(15)13-7-5-12(16)6-8-13/h5-8,14,17H,9-11H2,1-4H3. The van der Waals surface area contributed by atoms with Gasteiger partial charge in [0.15, 0.2) is 0 Å². The quantitative estimate of drug-likeness (QED) is 0.901. The Morgan fingerprint density at radius 1 is 1.32 bits per heavy atom. The van der Waals surface area contributed by atoms with Crippen LogP contribution in [0.4, 0.5) is 10.1 Å². The van der Waals surface area contributed by atoms with Gasteiger partial charge < -0.3 is 15.1 Å². The first-order valence-electron chi connectivity index (χ1n) is 6.82. The molecule has 4 heteroatoms. The molecule has 1 aromatic rings. The van der Waals surface area contributed by atoms with Gasteiger partial charge in [-0.3, -0.25) is 0 Å². The summed E-state index contributed by atoms with van der Waals surface area (Å²) >= 11 is 0. The zero-order chi connectivity index (χ0) is 14.0. The van der Waals surface area contributed by atoms with Crippen LogP contribution in [0.15, 0.2) is 24.3 Å². The summed E-state index contributed by atoms with van der Waals surface area (Å²) in [6.45, 7) is 7.43. The molecule has 1 aromatic carbocycles. The monoisotopic (exact) mass is 265 g/mol. The lowest BCUT2D eigenvalue weighted by Crippen LogP contribution is -2.65. The predicted octanol–water partition coefficient (Wildman–Crippen LogP) is 1.94. The lowest BCUT2D eigenvalue weighted by Gasteiger charge is -2.52. The fourth-order valence-electron chi connectivity index (χ4n) is 3.29. The molecule has 0 aliphatic carbocycles. The summed E-state index contributed by atoms with van der Waals surface area (Å²) in [5.74, 6) is -0.180. The van der Waals surface area contributed by atoms with Crippen molar-refractivity contribution in [3.05, 3.63) is 30.1 Å². The van der Waals surface area contributed by atoms with E-state index < -0.39 is 0 Å². The van der Waals surface area contributed by atoms with Crippen molar-refractivity contribution in [2.24, 2.45) is 0 Å². The molecule has 0 radical (unpaired) electrons. The minimum Gasteiger partial charge on any atom is -0.360 e. The average Bonchev–Trinajstić information content (AvgIpc) is 2.30. The van der Waals surface area contributed by atoms with E-state index in [2.05, 4.69) is 36.0 Å². The second-order valence-electron chi connectivity index (χ2n) is 6.07. The highest BCUT2D eigenvalue weighted by Crippen LogP contribution is 2.30. The molecule has 1 saturated heterocycles. The van der Waals surface area contributed by atoms with Crippen LogP contribution in [0.3, 0.4) is 0 Å². The number of likely N-dealkylation sites (N-methyl/N-ethyl adjacent to an activating group) is 2. The molecular weight excluding hydrogens is 241 g/mol. The van der Waals surface area contributed by atoms with E-state index in [1.165, 1.54) is 0 Å². The van der Waals surface area contributed by atoms with Crippen LogP contribution in [0.25, 0.3) is 0 Å². The van der Waals surface area contributed by atoms with Crippen molar-refractivity contribution >= 4 is 5.69 Å². The van der Waals surface area contributed by atoms with Gasteiger partial charge in [-0.05, 0) is 52.2 Å². The summed E-state index contributed by atoms with van der Waals surface area (Å²) in [4.78, 5) is 4.78. The first-order valence-corrected chi connectivity index (χ1v) is 6.82. The van der Waals surface area contributed by atoms with Gasteiger partial charge in [0, 0.05) is 30.9 Å². The van der Waals surface area contributed by atoms with Gasteiger partial charge in [0.05, 0.1) is 6.04 Å². The van der Waals surface area contributed by atoms with Crippen molar-refractivity contribution in [1.29, 1.82) is 0 Å². The second kappa shape index (κ2) is 5.47. The van der Waals surface area contributed by atoms with Crippen LogP contribution in [0.1, 0.15) is 13.8 Å². The summed E-state index contributed by atoms with van der Waals surface area (Å²) in [5, 5.41) is 3.26. The molecule has 1 fully saturated rings. The third-order valence-electron chi connectivity index (χ3n) is 3.74. The van der Waals surface area contributed by atoms with Crippen molar-refractivity contribution in [2.45, 2.75) is 25.4 Å². The number of nitrogens with zero attached hydrogens (tertiary/aromatic N) is 2. The molecule has 19 heavy (non-hydrogen) atoms. The smallest absolute Gasteiger partial charge is 0.123 e. The Morgan fingerprint density at radius 3 is 2.53 bits per heavy atom. The van der Waals surface area contributed by atoms with E-state index in [9.17, 15) is 4.39 Å². The highest BCUT2D eigenvalue weighted by atomic mass is 19.1. The largest absolute Gasteiger partial charge is 0.360 e. The Bertz CT molecular complexity index is 416. The van der Waals surface area contributed by atoms with Gasteiger partial charge in [0.25, 0.3) is 0 Å². The molecule has 0 aromatic heterocycles. The molecule has 1 N–H and O–H groups in total. The number of nitrogens with one attached hydrogen (secondary N) is 1. The number of benzene rings is 1. The summed E-state index contributed by atoms with van der Waals surface area (Å²) in [6, 6.07) is 7.24. The van der Waals surface area contributed by atoms with Gasteiger partial charge in [-0.15, -0.1) is 0 Å². The Balaban J connectivity index is 2.33. The fourth-order valence-corrected chi connectivity index (χ4v) is 3.29. The Hall–Kier alpha value is -1.13. The molecule has 1 atom stereocenters. The van der Waals surface area contributed by atoms with E-state index in [1.807, 2.05) is 19.2 Å². The zero-order valence-electron chi connectivity index (χ0n) is 12.3. The Kier molecular flexibility index (Phi) is 4.11. The average molecular weight is 265 g/mol. The van der Waals surface area contributed by atoms with Crippen LogP contribution < -0.4 is 10.2 Å². The summed E-state index contributed by atoms with van der Waals surface area (Å²) in [6.07, 6.45) is 0. The first-order chi connectivity index (χ1) is 8.94. The summed E-state index contributed by atoms with van der Waals surface area (Å²) in [7, 11) is 4.14. The number of piperazine rings is 1. The molecule has 3 nitrogen and oxygen atoms in total. The van der Waals surface area contributed by atoms with Crippen LogP contribution >= 0.6 is 0 Å². The van der Waals surface area contributed by atoms with E-state index in [0.29, 0.717) is 6.04 Å². The lowest BCUT2D eigenvalue weighted by molar-refractivity contribution is 0.179. The van der Waals surface area contributed by atoms with E-state index >= 15 is 0 Å². The highest BCUT2D eigenvalue weighted by Gasteiger charge is 2.38. The topological polar surface area (TPSA) is 18.5 Å². The SMILES string of the molecule is CNCC1CN(C)CC(C)(C)N1c1ccc(F)cc1. The maximum Gasteiger partial charge on any atom is 0.123 e. The summed E-state index contributed by atoms with van der Waals surface area (Å²) in [5.41, 5.74) is 1.13. The highest BCUT2D eigenvalue weighted by molar-refractivity contribution is 5.51. The van der Waals surface area contributed by atoms with Crippen molar-refractivity contribution in [1.82, 2.24) is 10.2 Å². The van der Waals surface area contributed by atoms with Gasteiger partial charge in [0.1, 0.15) is 5.82 Å². The number of halogens is 1. The zero-order valence-corrected chi connectivity index (χ0v) is 12.3. The predicted molar refractivity (Wildman–Crippen MR) is 78.2 cm³/mol. The molecular formula is C15H24FN3. The van der Waals surface area contributed by atoms with Crippen LogP contribution in [0, 0.1) is 5.82 Å². The third-order valence-corrected chi connectivity index (χ3v) is 3.74. The Labute approximate surface area is 115 Å². The van der Waals surface area contributed by atoms with Gasteiger partial charge >= 0.3 is 0 Å². The Morgan fingerprint density at radius 2 is 1.95 bits per heavy atom. The van der Waals surface area contributed by atoms with E-state index in [1.54, 1.807) is 12.1 Å². The van der Waals surface area contributed by atoms with Crippen LogP contribution in [-0.2, 0) is 0 Å². The molecule has 0 saturated carbocycles.